The number of nitrogens with one attached hydrogen (secondary N) is 1. The molecular weight excluding hydrogens is 600 g/mol. The Kier molecular flexibility index (Phi) is 6.69. The minimum Gasteiger partial charge on any atom is -0.481 e. The fourth-order valence-electron chi connectivity index (χ4n) is 5.11. The highest BCUT2D eigenvalue weighted by Gasteiger charge is 2.50. The smallest absolute Gasteiger partial charge is 0.309 e. The lowest BCUT2D eigenvalue weighted by atomic mass is 9.85. The largest absolute Gasteiger partial charge is 0.481 e. The Morgan fingerprint density at radius 1 is 1.19 bits per heavy atom. The van der Waals surface area contributed by atoms with Crippen LogP contribution in [0.15, 0.2) is 41.8 Å². The number of benzene rings is 2. The summed E-state index contributed by atoms with van der Waals surface area (Å²) in [5, 5.41) is 20.1. The summed E-state index contributed by atoms with van der Waals surface area (Å²) in [4.78, 5) is 38.8. The van der Waals surface area contributed by atoms with E-state index in [4.69, 9.17) is 17.3 Å². The molecule has 6 rings (SSSR count). The van der Waals surface area contributed by atoms with E-state index in [0.717, 1.165) is 6.07 Å². The second kappa shape index (κ2) is 10.1. The molecule has 4 heterocycles. The Hall–Kier alpha value is -4.49. The Balaban J connectivity index is 1.42. The van der Waals surface area contributed by atoms with Crippen LogP contribution in [-0.4, -0.2) is 41.7 Å². The molecule has 1 amide bonds. The summed E-state index contributed by atoms with van der Waals surface area (Å²) >= 11 is 7.49. The van der Waals surface area contributed by atoms with Gasteiger partial charge in [0.1, 0.15) is 39.4 Å². The number of hydrogen-bond acceptors (Lipinski definition) is 8. The first-order chi connectivity index (χ1) is 20.3. The molecule has 2 aromatic carbocycles. The SMILES string of the molecule is CC(C)(Cc1csc(C2(C)C(=O)Nc3nc(-c4nn(Cc5ccc(F)cc5F)c5cc(Cl)ccc45)nc(N)c32)n1)C(=O)O. The number of fused-ring (bicyclic) bond motifs is 2. The lowest BCUT2D eigenvalue weighted by Gasteiger charge is -2.20. The van der Waals surface area contributed by atoms with E-state index < -0.39 is 34.3 Å². The number of thiazole rings is 1. The number of aromatic nitrogens is 5. The third-order valence-corrected chi connectivity index (χ3v) is 8.91. The molecule has 0 saturated carbocycles. The van der Waals surface area contributed by atoms with Crippen molar-refractivity contribution in [2.24, 2.45) is 5.41 Å². The molecule has 0 aliphatic carbocycles. The van der Waals surface area contributed by atoms with Crippen molar-refractivity contribution in [3.05, 3.63) is 80.3 Å². The maximum Gasteiger partial charge on any atom is 0.309 e. The van der Waals surface area contributed by atoms with Crippen molar-refractivity contribution in [1.29, 1.82) is 0 Å². The van der Waals surface area contributed by atoms with E-state index in [1.54, 1.807) is 44.4 Å². The number of anilines is 2. The van der Waals surface area contributed by atoms with E-state index in [1.165, 1.54) is 28.2 Å². The predicted octanol–water partition coefficient (Wildman–Crippen LogP) is 5.42. The minimum atomic E-state index is -1.32. The van der Waals surface area contributed by atoms with Gasteiger partial charge in [0.2, 0.25) is 5.91 Å². The zero-order chi connectivity index (χ0) is 30.8. The van der Waals surface area contributed by atoms with Crippen molar-refractivity contribution in [3.8, 4) is 11.5 Å². The average Bonchev–Trinajstić information content (AvgIpc) is 3.60. The maximum absolute atomic E-state index is 14.5. The third kappa shape index (κ3) is 4.78. The molecule has 43 heavy (non-hydrogen) atoms. The van der Waals surface area contributed by atoms with Crippen LogP contribution in [0.25, 0.3) is 22.4 Å². The van der Waals surface area contributed by atoms with Crippen LogP contribution in [0.3, 0.4) is 0 Å². The monoisotopic (exact) mass is 623 g/mol. The number of carbonyl (C=O) groups excluding carboxylic acids is 1. The second-order valence-electron chi connectivity index (χ2n) is 11.1. The van der Waals surface area contributed by atoms with Crippen molar-refractivity contribution in [2.75, 3.05) is 11.1 Å². The third-order valence-electron chi connectivity index (χ3n) is 7.57. The van der Waals surface area contributed by atoms with Crippen LogP contribution in [0.2, 0.25) is 5.02 Å². The van der Waals surface area contributed by atoms with Crippen LogP contribution in [0, 0.1) is 17.0 Å². The fourth-order valence-corrected chi connectivity index (χ4v) is 6.26. The predicted molar refractivity (Wildman–Crippen MR) is 158 cm³/mol. The van der Waals surface area contributed by atoms with Gasteiger partial charge in [0, 0.05) is 33.8 Å². The fraction of sp³-hybridized carbons (Fsp3) is 0.241. The van der Waals surface area contributed by atoms with E-state index in [2.05, 4.69) is 25.4 Å². The van der Waals surface area contributed by atoms with Crippen molar-refractivity contribution < 1.29 is 23.5 Å². The molecule has 0 saturated heterocycles. The van der Waals surface area contributed by atoms with Gasteiger partial charge in [-0.3, -0.25) is 14.3 Å². The number of aliphatic carboxylic acids is 1. The molecule has 1 unspecified atom stereocenters. The Bertz CT molecular complexity index is 1980. The van der Waals surface area contributed by atoms with Crippen molar-refractivity contribution in [3.63, 3.8) is 0 Å². The summed E-state index contributed by atoms with van der Waals surface area (Å²) in [7, 11) is 0. The number of carbonyl (C=O) groups is 2. The standard InChI is InChI=1S/C29H24ClF2N7O3S/c1-28(2,27(41)42)10-16-12-43-26(34-16)29(3)20-22(33)35-24(36-23(20)37-25(29)40)21-17-7-5-14(30)8-19(17)39(38-21)11-13-4-6-15(31)9-18(13)32/h4-9,12H,10-11H2,1-3H3,(H,41,42)(H3,33,35,36,37,40). The first-order valence-electron chi connectivity index (χ1n) is 13.1. The first-order valence-corrected chi connectivity index (χ1v) is 14.3. The highest BCUT2D eigenvalue weighted by atomic mass is 35.5. The van der Waals surface area contributed by atoms with Gasteiger partial charge < -0.3 is 16.2 Å². The molecule has 4 N–H and O–H groups in total. The second-order valence-corrected chi connectivity index (χ2v) is 12.4. The van der Waals surface area contributed by atoms with Crippen LogP contribution in [-0.2, 0) is 28.0 Å². The van der Waals surface area contributed by atoms with Crippen LogP contribution >= 0.6 is 22.9 Å². The quantitative estimate of drug-likeness (QED) is 0.217. The molecular formula is C29H24ClF2N7O3S. The number of nitrogen functional groups attached to an aromatic ring is 1. The van der Waals surface area contributed by atoms with Crippen molar-refractivity contribution >= 4 is 57.4 Å². The van der Waals surface area contributed by atoms with Crippen LogP contribution < -0.4 is 11.1 Å². The molecule has 14 heteroatoms. The van der Waals surface area contributed by atoms with Gasteiger partial charge in [-0.25, -0.2) is 23.7 Å². The summed E-state index contributed by atoms with van der Waals surface area (Å²) in [5.41, 5.74) is 6.10. The molecule has 1 atom stereocenters. The summed E-state index contributed by atoms with van der Waals surface area (Å²) in [5.74, 6) is -2.43. The van der Waals surface area contributed by atoms with Gasteiger partial charge in [0.05, 0.1) is 28.7 Å². The zero-order valence-electron chi connectivity index (χ0n) is 23.1. The number of rotatable bonds is 7. The number of nitrogens with two attached hydrogens (primary N) is 1. The van der Waals surface area contributed by atoms with Gasteiger partial charge >= 0.3 is 5.97 Å². The summed E-state index contributed by atoms with van der Waals surface area (Å²) < 4.78 is 29.5. The van der Waals surface area contributed by atoms with E-state index in [1.807, 2.05) is 0 Å². The first kappa shape index (κ1) is 28.6. The van der Waals surface area contributed by atoms with E-state index >= 15 is 0 Å². The van der Waals surface area contributed by atoms with E-state index in [9.17, 15) is 23.5 Å². The molecule has 10 nitrogen and oxygen atoms in total. The van der Waals surface area contributed by atoms with E-state index in [-0.39, 0.29) is 36.0 Å². The Morgan fingerprint density at radius 2 is 1.95 bits per heavy atom. The van der Waals surface area contributed by atoms with Crippen LogP contribution in [0.5, 0.6) is 0 Å². The molecule has 1 aliphatic rings. The van der Waals surface area contributed by atoms with Gasteiger partial charge in [-0.2, -0.15) is 5.10 Å². The minimum absolute atomic E-state index is 0.0246. The highest BCUT2D eigenvalue weighted by molar-refractivity contribution is 7.10. The van der Waals surface area contributed by atoms with E-state index in [0.29, 0.717) is 37.9 Å². The molecule has 0 spiro atoms. The molecule has 220 valence electrons. The number of hydrogen-bond donors (Lipinski definition) is 3. The maximum atomic E-state index is 14.5. The number of halogens is 3. The Labute approximate surface area is 252 Å². The van der Waals surface area contributed by atoms with Gasteiger partial charge in [0.25, 0.3) is 0 Å². The molecule has 0 radical (unpaired) electrons. The average molecular weight is 624 g/mol. The topological polar surface area (TPSA) is 149 Å². The number of carboxylic acid groups (broad SMARTS) is 1. The van der Waals surface area contributed by atoms with Gasteiger partial charge in [-0.1, -0.05) is 17.7 Å². The summed E-state index contributed by atoms with van der Waals surface area (Å²) in [6.45, 7) is 4.86. The van der Waals surface area contributed by atoms with Gasteiger partial charge in [-0.05, 0) is 45.0 Å². The number of amides is 1. The normalized spacial score (nSPS) is 16.5. The van der Waals surface area contributed by atoms with Crippen LogP contribution in [0.1, 0.15) is 42.6 Å². The molecule has 0 fully saturated rings. The molecule has 0 bridgehead atoms. The van der Waals surface area contributed by atoms with Gasteiger partial charge in [0.15, 0.2) is 5.82 Å². The lowest BCUT2D eigenvalue weighted by Crippen LogP contribution is -2.33. The van der Waals surface area contributed by atoms with Gasteiger partial charge in [-0.15, -0.1) is 11.3 Å². The molecule has 3 aromatic heterocycles. The Morgan fingerprint density at radius 3 is 2.67 bits per heavy atom. The number of carboxylic acids is 1. The van der Waals surface area contributed by atoms with Crippen LogP contribution in [0.4, 0.5) is 20.4 Å². The highest BCUT2D eigenvalue weighted by Crippen LogP contribution is 2.46. The summed E-state index contributed by atoms with van der Waals surface area (Å²) in [6, 6.07) is 8.37. The van der Waals surface area contributed by atoms with Crippen molar-refractivity contribution in [1.82, 2.24) is 24.7 Å². The number of nitrogens with zero attached hydrogens (tertiary/aromatic N) is 5. The molecule has 1 aliphatic heterocycles. The van der Waals surface area contributed by atoms with Crippen molar-refractivity contribution in [2.45, 2.75) is 39.2 Å². The molecule has 5 aromatic rings. The lowest BCUT2D eigenvalue weighted by molar-refractivity contribution is -0.146. The summed E-state index contributed by atoms with van der Waals surface area (Å²) in [6.07, 6.45) is 0.176. The zero-order valence-corrected chi connectivity index (χ0v) is 24.6.